The van der Waals surface area contributed by atoms with Crippen molar-refractivity contribution < 1.29 is 33.7 Å². The van der Waals surface area contributed by atoms with Crippen molar-refractivity contribution in [2.75, 3.05) is 13.7 Å². The molecule has 0 aromatic carbocycles. The first-order valence-electron chi connectivity index (χ1n) is 12.0. The fraction of sp³-hybridized carbons (Fsp3) is 0.880. The van der Waals surface area contributed by atoms with Gasteiger partial charge >= 0.3 is 11.9 Å². The van der Waals surface area contributed by atoms with Crippen molar-refractivity contribution in [3.8, 4) is 0 Å². The SMILES string of the molecule is COC[C@H]1C(=O)[C@]23C(OC(C)=O)[C@H]1CC[C@H]2[C@@]1(C)[C@H](C[C@H]3O)C(C)(C)CC[C@H]1OC(C)=O. The van der Waals surface area contributed by atoms with E-state index in [0.29, 0.717) is 12.8 Å². The minimum absolute atomic E-state index is 0.0461. The normalized spacial score (nSPS) is 46.7. The largest absolute Gasteiger partial charge is 0.462 e. The van der Waals surface area contributed by atoms with Crippen LogP contribution in [-0.2, 0) is 28.6 Å². The molecule has 7 nitrogen and oxygen atoms in total. The predicted molar refractivity (Wildman–Crippen MR) is 115 cm³/mol. The fourth-order valence-electron chi connectivity index (χ4n) is 8.60. The molecule has 1 unspecified atom stereocenters. The fourth-order valence-corrected chi connectivity index (χ4v) is 8.60. The molecule has 4 saturated carbocycles. The third-order valence-electron chi connectivity index (χ3n) is 9.65. The Hall–Kier alpha value is -1.47. The Bertz CT molecular complexity index is 806. The van der Waals surface area contributed by atoms with E-state index < -0.39 is 34.9 Å². The van der Waals surface area contributed by atoms with E-state index in [1.165, 1.54) is 13.8 Å². The van der Waals surface area contributed by atoms with Gasteiger partial charge in [-0.2, -0.15) is 0 Å². The molecule has 4 rings (SSSR count). The van der Waals surface area contributed by atoms with Gasteiger partial charge in [0.05, 0.1) is 18.1 Å². The molecule has 0 radical (unpaired) electrons. The van der Waals surface area contributed by atoms with Gasteiger partial charge in [0, 0.05) is 38.2 Å². The zero-order valence-corrected chi connectivity index (χ0v) is 20.2. The number of ketones is 1. The number of hydrogen-bond acceptors (Lipinski definition) is 7. The first-order valence-corrected chi connectivity index (χ1v) is 12.0. The van der Waals surface area contributed by atoms with E-state index in [4.69, 9.17) is 14.2 Å². The van der Waals surface area contributed by atoms with Gasteiger partial charge < -0.3 is 19.3 Å². The summed E-state index contributed by atoms with van der Waals surface area (Å²) in [5, 5.41) is 11.7. The minimum Gasteiger partial charge on any atom is -0.462 e. The molecule has 4 aliphatic rings. The average molecular weight is 451 g/mol. The van der Waals surface area contributed by atoms with Crippen LogP contribution in [0.25, 0.3) is 0 Å². The third kappa shape index (κ3) is 3.03. The van der Waals surface area contributed by atoms with Crippen LogP contribution in [0.4, 0.5) is 0 Å². The van der Waals surface area contributed by atoms with E-state index in [1.54, 1.807) is 7.11 Å². The lowest BCUT2D eigenvalue weighted by Crippen LogP contribution is -2.70. The van der Waals surface area contributed by atoms with Gasteiger partial charge in [0.1, 0.15) is 12.2 Å². The Kier molecular flexibility index (Phi) is 5.77. The second-order valence-electron chi connectivity index (χ2n) is 11.5. The van der Waals surface area contributed by atoms with Gasteiger partial charge in [0.2, 0.25) is 0 Å². The lowest BCUT2D eigenvalue weighted by Gasteiger charge is -2.66. The average Bonchev–Trinajstić information content (AvgIpc) is 2.81. The second kappa shape index (κ2) is 7.79. The molecule has 1 N–H and O–H groups in total. The van der Waals surface area contributed by atoms with E-state index in [-0.39, 0.29) is 47.6 Å². The summed E-state index contributed by atoms with van der Waals surface area (Å²) in [6, 6.07) is 0. The number of rotatable bonds is 4. The van der Waals surface area contributed by atoms with Crippen molar-refractivity contribution in [3.05, 3.63) is 0 Å². The van der Waals surface area contributed by atoms with E-state index in [9.17, 15) is 19.5 Å². The van der Waals surface area contributed by atoms with Crippen LogP contribution in [0, 0.1) is 39.9 Å². The monoisotopic (exact) mass is 450 g/mol. The highest BCUT2D eigenvalue weighted by Gasteiger charge is 2.77. The van der Waals surface area contributed by atoms with Crippen molar-refractivity contribution in [1.29, 1.82) is 0 Å². The van der Waals surface area contributed by atoms with Crippen molar-refractivity contribution in [2.45, 2.75) is 85.0 Å². The van der Waals surface area contributed by atoms with Crippen LogP contribution >= 0.6 is 0 Å². The zero-order chi connectivity index (χ0) is 23.6. The minimum atomic E-state index is -1.19. The molecule has 0 saturated heterocycles. The summed E-state index contributed by atoms with van der Waals surface area (Å²) in [5.74, 6) is -1.56. The van der Waals surface area contributed by atoms with Crippen LogP contribution in [0.5, 0.6) is 0 Å². The number of esters is 2. The van der Waals surface area contributed by atoms with Crippen LogP contribution < -0.4 is 0 Å². The molecule has 1 spiro atoms. The molecule has 0 amide bonds. The number of carbonyl (C=O) groups is 3. The maximum atomic E-state index is 14.1. The standard InChI is InChI=1S/C25H38O7/c1-13(26)31-20-9-10-23(3,4)18-11-19(28)25-17(24(18,20)5)8-7-15(22(25)32-14(2)27)16(12-30-6)21(25)29/h15-20,22,28H,7-12H2,1-6H3/t15-,16+,17-,18+,19+,20+,22?,24-,25-/m0/s1. The Morgan fingerprint density at radius 3 is 2.28 bits per heavy atom. The molecule has 0 aromatic heterocycles. The van der Waals surface area contributed by atoms with Crippen LogP contribution in [0.1, 0.15) is 66.7 Å². The smallest absolute Gasteiger partial charge is 0.302 e. The summed E-state index contributed by atoms with van der Waals surface area (Å²) in [6.07, 6.45) is 1.54. The second-order valence-corrected chi connectivity index (χ2v) is 11.5. The highest BCUT2D eigenvalue weighted by atomic mass is 16.6. The quantitative estimate of drug-likeness (QED) is 0.658. The number of hydrogen-bond donors (Lipinski definition) is 1. The molecule has 0 heterocycles. The lowest BCUT2D eigenvalue weighted by atomic mass is 9.39. The topological polar surface area (TPSA) is 99.1 Å². The summed E-state index contributed by atoms with van der Waals surface area (Å²) < 4.78 is 17.2. The number of aliphatic hydroxyl groups is 1. The lowest BCUT2D eigenvalue weighted by molar-refractivity contribution is -0.258. The van der Waals surface area contributed by atoms with Crippen LogP contribution in [0.15, 0.2) is 0 Å². The first kappa shape index (κ1) is 23.7. The molecule has 0 aromatic rings. The van der Waals surface area contributed by atoms with E-state index in [2.05, 4.69) is 20.8 Å². The van der Waals surface area contributed by atoms with Gasteiger partial charge in [-0.3, -0.25) is 14.4 Å². The maximum absolute atomic E-state index is 14.1. The van der Waals surface area contributed by atoms with Crippen LogP contribution in [0.3, 0.4) is 0 Å². The number of methoxy groups -OCH3 is 1. The number of carbonyl (C=O) groups excluding carboxylic acids is 3. The summed E-state index contributed by atoms with van der Waals surface area (Å²) in [6.45, 7) is 9.61. The first-order chi connectivity index (χ1) is 14.9. The van der Waals surface area contributed by atoms with Crippen LogP contribution in [-0.4, -0.2) is 54.9 Å². The van der Waals surface area contributed by atoms with E-state index >= 15 is 0 Å². The molecule has 180 valence electrons. The highest BCUT2D eigenvalue weighted by molar-refractivity contribution is 5.93. The highest BCUT2D eigenvalue weighted by Crippen LogP contribution is 2.72. The van der Waals surface area contributed by atoms with Crippen molar-refractivity contribution >= 4 is 17.7 Å². The summed E-state index contributed by atoms with van der Waals surface area (Å²) in [4.78, 5) is 38.3. The number of fused-ring (bicyclic) bond motifs is 3. The zero-order valence-electron chi connectivity index (χ0n) is 20.2. The predicted octanol–water partition coefficient (Wildman–Crippen LogP) is 2.91. The van der Waals surface area contributed by atoms with Gasteiger partial charge in [-0.1, -0.05) is 20.8 Å². The Balaban J connectivity index is 1.89. The van der Waals surface area contributed by atoms with Crippen LogP contribution in [0.2, 0.25) is 0 Å². The number of aliphatic hydroxyl groups excluding tert-OH is 1. The maximum Gasteiger partial charge on any atom is 0.302 e. The molecule has 7 heteroatoms. The number of ether oxygens (including phenoxy) is 3. The summed E-state index contributed by atoms with van der Waals surface area (Å²) in [5.41, 5.74) is -1.77. The Labute approximate surface area is 190 Å². The molecule has 4 fully saturated rings. The van der Waals surface area contributed by atoms with Gasteiger partial charge in [-0.25, -0.2) is 0 Å². The Morgan fingerprint density at radius 2 is 1.69 bits per heavy atom. The van der Waals surface area contributed by atoms with Gasteiger partial charge in [-0.05, 0) is 49.4 Å². The molecule has 2 bridgehead atoms. The van der Waals surface area contributed by atoms with Crippen molar-refractivity contribution in [2.24, 2.45) is 39.9 Å². The van der Waals surface area contributed by atoms with Gasteiger partial charge in [0.25, 0.3) is 0 Å². The summed E-state index contributed by atoms with van der Waals surface area (Å²) in [7, 11) is 1.57. The van der Waals surface area contributed by atoms with Crippen molar-refractivity contribution in [1.82, 2.24) is 0 Å². The number of Topliss-reactive ketones (excluding diaryl/α,β-unsaturated/α-hetero) is 1. The van der Waals surface area contributed by atoms with Gasteiger partial charge in [-0.15, -0.1) is 0 Å². The molecular formula is C25H38O7. The molecule has 0 aliphatic heterocycles. The summed E-state index contributed by atoms with van der Waals surface area (Å²) >= 11 is 0. The van der Waals surface area contributed by atoms with E-state index in [0.717, 1.165) is 19.3 Å². The molecule has 9 atom stereocenters. The Morgan fingerprint density at radius 1 is 1.03 bits per heavy atom. The third-order valence-corrected chi connectivity index (χ3v) is 9.65. The van der Waals surface area contributed by atoms with Crippen molar-refractivity contribution in [3.63, 3.8) is 0 Å². The molecular weight excluding hydrogens is 412 g/mol. The van der Waals surface area contributed by atoms with Gasteiger partial charge in [0.15, 0.2) is 5.78 Å². The molecule has 4 aliphatic carbocycles. The van der Waals surface area contributed by atoms with E-state index in [1.807, 2.05) is 0 Å². The molecule has 32 heavy (non-hydrogen) atoms.